The second-order valence-electron chi connectivity index (χ2n) is 5.34. The molecule has 0 bridgehead atoms. The van der Waals surface area contributed by atoms with Crippen molar-refractivity contribution in [2.24, 2.45) is 0 Å². The number of hydrogen-bond donors (Lipinski definition) is 0. The molecule has 1 aromatic carbocycles. The van der Waals surface area contributed by atoms with Gasteiger partial charge < -0.3 is 9.64 Å². The molecular weight excluding hydrogens is 412 g/mol. The molecule has 128 valence electrons. The topological polar surface area (TPSA) is 49.9 Å². The third-order valence-electron chi connectivity index (χ3n) is 3.13. The lowest BCUT2D eigenvalue weighted by molar-refractivity contribution is -0.146. The maximum Gasteiger partial charge on any atom is 0.326 e. The summed E-state index contributed by atoms with van der Waals surface area (Å²) in [6.45, 7) is 0.763. The van der Waals surface area contributed by atoms with E-state index in [4.69, 9.17) is 17.0 Å². The van der Waals surface area contributed by atoms with E-state index >= 15 is 0 Å². The number of halogens is 1. The quantitative estimate of drug-likeness (QED) is 0.394. The van der Waals surface area contributed by atoms with E-state index in [1.54, 1.807) is 6.08 Å². The van der Waals surface area contributed by atoms with Gasteiger partial charge in [-0.05, 0) is 37.9 Å². The molecule has 1 saturated heterocycles. The minimum absolute atomic E-state index is 0.157. The first-order valence-electron chi connectivity index (χ1n) is 7.18. The summed E-state index contributed by atoms with van der Waals surface area (Å²) in [5, 5.41) is 0. The number of likely N-dealkylation sites (N-methyl/N-ethyl adjacent to an activating group) is 1. The predicted molar refractivity (Wildman–Crippen MR) is 104 cm³/mol. The van der Waals surface area contributed by atoms with Crippen LogP contribution < -0.4 is 0 Å². The van der Waals surface area contributed by atoms with Gasteiger partial charge in [-0.2, -0.15) is 0 Å². The summed E-state index contributed by atoms with van der Waals surface area (Å²) < 4.78 is 6.44. The Morgan fingerprint density at radius 3 is 2.67 bits per heavy atom. The number of ether oxygens (including phenoxy) is 1. The predicted octanol–water partition coefficient (Wildman–Crippen LogP) is 2.76. The van der Waals surface area contributed by atoms with Gasteiger partial charge in [0.05, 0.1) is 4.91 Å². The van der Waals surface area contributed by atoms with E-state index in [0.29, 0.717) is 15.8 Å². The Labute approximate surface area is 159 Å². The summed E-state index contributed by atoms with van der Waals surface area (Å²) in [6.07, 6.45) is 1.77. The minimum atomic E-state index is -0.460. The zero-order chi connectivity index (χ0) is 17.7. The lowest BCUT2D eigenvalue weighted by atomic mass is 10.2. The van der Waals surface area contributed by atoms with Gasteiger partial charge in [-0.25, -0.2) is 0 Å². The van der Waals surface area contributed by atoms with E-state index in [9.17, 15) is 9.59 Å². The van der Waals surface area contributed by atoms with Crippen molar-refractivity contribution in [1.29, 1.82) is 0 Å². The largest absolute Gasteiger partial charge is 0.463 e. The summed E-state index contributed by atoms with van der Waals surface area (Å²) in [5.41, 5.74) is 0.896. The van der Waals surface area contributed by atoms with Crippen LogP contribution in [0.3, 0.4) is 0 Å². The average Bonchev–Trinajstić information content (AvgIpc) is 2.77. The lowest BCUT2D eigenvalue weighted by Gasteiger charge is -2.14. The number of esters is 1. The summed E-state index contributed by atoms with van der Waals surface area (Å²) >= 11 is 9.77. The molecule has 0 radical (unpaired) electrons. The van der Waals surface area contributed by atoms with Crippen LogP contribution in [0.2, 0.25) is 0 Å². The van der Waals surface area contributed by atoms with E-state index in [0.717, 1.165) is 10.0 Å². The molecule has 1 heterocycles. The van der Waals surface area contributed by atoms with Crippen LogP contribution in [0.4, 0.5) is 0 Å². The van der Waals surface area contributed by atoms with Crippen LogP contribution in [0.5, 0.6) is 0 Å². The Morgan fingerprint density at radius 1 is 1.38 bits per heavy atom. The SMILES string of the molecule is CN(C)CCOC(=O)CN1C(=O)C(=Cc2ccc(Br)cc2)SC1=S. The molecule has 1 amide bonds. The van der Waals surface area contributed by atoms with E-state index in [2.05, 4.69) is 15.9 Å². The van der Waals surface area contributed by atoms with Crippen molar-refractivity contribution in [3.05, 3.63) is 39.2 Å². The molecular formula is C16H17BrN2O3S2. The highest BCUT2D eigenvalue weighted by Crippen LogP contribution is 2.32. The van der Waals surface area contributed by atoms with Crippen LogP contribution in [-0.2, 0) is 14.3 Å². The van der Waals surface area contributed by atoms with Crippen molar-refractivity contribution in [2.75, 3.05) is 33.8 Å². The summed E-state index contributed by atoms with van der Waals surface area (Å²) in [6, 6.07) is 7.58. The molecule has 0 spiro atoms. The number of rotatable bonds is 6. The average molecular weight is 429 g/mol. The number of nitrogens with zero attached hydrogens (tertiary/aromatic N) is 2. The molecule has 0 saturated carbocycles. The Morgan fingerprint density at radius 2 is 2.04 bits per heavy atom. The fourth-order valence-corrected chi connectivity index (χ4v) is 3.38. The van der Waals surface area contributed by atoms with Crippen molar-refractivity contribution < 1.29 is 14.3 Å². The van der Waals surface area contributed by atoms with E-state index in [1.807, 2.05) is 43.3 Å². The van der Waals surface area contributed by atoms with Gasteiger partial charge in [-0.15, -0.1) is 0 Å². The van der Waals surface area contributed by atoms with Gasteiger partial charge in [-0.3, -0.25) is 14.5 Å². The minimum Gasteiger partial charge on any atom is -0.463 e. The molecule has 0 atom stereocenters. The van der Waals surface area contributed by atoms with E-state index < -0.39 is 5.97 Å². The first-order chi connectivity index (χ1) is 11.4. The molecule has 0 aliphatic carbocycles. The number of hydrogen-bond acceptors (Lipinski definition) is 6. The van der Waals surface area contributed by atoms with Crippen LogP contribution in [-0.4, -0.2) is 59.8 Å². The summed E-state index contributed by atoms with van der Waals surface area (Å²) in [7, 11) is 3.78. The standard InChI is InChI=1S/C16H17BrN2O3S2/c1-18(2)7-8-22-14(20)10-19-15(21)13(24-16(19)23)9-11-3-5-12(17)6-4-11/h3-6,9H,7-8,10H2,1-2H3. The van der Waals surface area contributed by atoms with Gasteiger partial charge >= 0.3 is 5.97 Å². The summed E-state index contributed by atoms with van der Waals surface area (Å²) in [5.74, 6) is -0.726. The maximum absolute atomic E-state index is 12.4. The molecule has 1 aromatic rings. The van der Waals surface area contributed by atoms with Crippen molar-refractivity contribution in [3.63, 3.8) is 0 Å². The van der Waals surface area contributed by atoms with Crippen molar-refractivity contribution in [2.45, 2.75) is 0 Å². The fraction of sp³-hybridized carbons (Fsp3) is 0.312. The summed E-state index contributed by atoms with van der Waals surface area (Å²) in [4.78, 5) is 28.0. The van der Waals surface area contributed by atoms with Crippen LogP contribution in [0.15, 0.2) is 33.6 Å². The molecule has 24 heavy (non-hydrogen) atoms. The fourth-order valence-electron chi connectivity index (χ4n) is 1.86. The zero-order valence-electron chi connectivity index (χ0n) is 13.3. The van der Waals surface area contributed by atoms with Gasteiger partial charge in [0.15, 0.2) is 0 Å². The van der Waals surface area contributed by atoms with Gasteiger partial charge in [0.2, 0.25) is 0 Å². The lowest BCUT2D eigenvalue weighted by Crippen LogP contribution is -2.35. The number of carbonyl (C=O) groups excluding carboxylic acids is 2. The molecule has 0 aromatic heterocycles. The Hall–Kier alpha value is -1.22. The molecule has 1 aliphatic rings. The Bertz CT molecular complexity index is 674. The Kier molecular flexibility index (Phi) is 6.97. The second-order valence-corrected chi connectivity index (χ2v) is 7.93. The monoisotopic (exact) mass is 428 g/mol. The van der Waals surface area contributed by atoms with Crippen LogP contribution in [0.1, 0.15) is 5.56 Å². The molecule has 0 unspecified atom stereocenters. The number of thiocarbonyl (C=S) groups is 1. The third kappa shape index (κ3) is 5.41. The van der Waals surface area contributed by atoms with Crippen molar-refractivity contribution >= 4 is 62.2 Å². The number of carbonyl (C=O) groups is 2. The molecule has 1 fully saturated rings. The van der Waals surface area contributed by atoms with Gasteiger partial charge in [0.1, 0.15) is 17.5 Å². The zero-order valence-corrected chi connectivity index (χ0v) is 16.5. The third-order valence-corrected chi connectivity index (χ3v) is 5.04. The number of benzene rings is 1. The normalized spacial score (nSPS) is 16.3. The first-order valence-corrected chi connectivity index (χ1v) is 9.20. The highest BCUT2D eigenvalue weighted by Gasteiger charge is 2.33. The number of thioether (sulfide) groups is 1. The van der Waals surface area contributed by atoms with Crippen LogP contribution >= 0.6 is 39.9 Å². The van der Waals surface area contributed by atoms with Gasteiger partial charge in [0.25, 0.3) is 5.91 Å². The highest BCUT2D eigenvalue weighted by molar-refractivity contribution is 9.10. The highest BCUT2D eigenvalue weighted by atomic mass is 79.9. The maximum atomic E-state index is 12.4. The van der Waals surface area contributed by atoms with E-state index in [-0.39, 0.29) is 19.1 Å². The number of amides is 1. The Balaban J connectivity index is 1.98. The molecule has 8 heteroatoms. The molecule has 2 rings (SSSR count). The molecule has 5 nitrogen and oxygen atoms in total. The smallest absolute Gasteiger partial charge is 0.326 e. The van der Waals surface area contributed by atoms with Gasteiger partial charge in [0, 0.05) is 11.0 Å². The van der Waals surface area contributed by atoms with E-state index in [1.165, 1.54) is 16.7 Å². The molecule has 1 aliphatic heterocycles. The van der Waals surface area contributed by atoms with Crippen molar-refractivity contribution in [3.8, 4) is 0 Å². The van der Waals surface area contributed by atoms with Crippen LogP contribution in [0, 0.1) is 0 Å². The second kappa shape index (κ2) is 8.75. The first kappa shape index (κ1) is 19.1. The van der Waals surface area contributed by atoms with Gasteiger partial charge in [-0.1, -0.05) is 52.0 Å². The molecule has 0 N–H and O–H groups in total. The van der Waals surface area contributed by atoms with Crippen LogP contribution in [0.25, 0.3) is 6.08 Å². The van der Waals surface area contributed by atoms with Crippen molar-refractivity contribution in [1.82, 2.24) is 9.80 Å².